The maximum atomic E-state index is 13.1. The SMILES string of the molecule is CN=C(NCc1ncc(C(C)(C)C)o1)NCC(C)(C)c1ccc(F)cc1. The van der Waals surface area contributed by atoms with Crippen molar-refractivity contribution in [3.05, 3.63) is 53.5 Å². The molecule has 0 atom stereocenters. The molecule has 2 rings (SSSR count). The summed E-state index contributed by atoms with van der Waals surface area (Å²) < 4.78 is 18.9. The number of rotatable bonds is 5. The number of benzene rings is 1. The van der Waals surface area contributed by atoms with Crippen molar-refractivity contribution in [2.75, 3.05) is 13.6 Å². The molecule has 0 fully saturated rings. The van der Waals surface area contributed by atoms with Crippen LogP contribution in [-0.4, -0.2) is 24.5 Å². The first-order valence-electron chi connectivity index (χ1n) is 8.77. The topological polar surface area (TPSA) is 62.5 Å². The molecule has 0 saturated carbocycles. The maximum Gasteiger partial charge on any atom is 0.213 e. The van der Waals surface area contributed by atoms with Crippen LogP contribution in [0, 0.1) is 5.82 Å². The highest BCUT2D eigenvalue weighted by molar-refractivity contribution is 5.79. The molecule has 0 aliphatic carbocycles. The first-order valence-corrected chi connectivity index (χ1v) is 8.77. The first kappa shape index (κ1) is 19.9. The van der Waals surface area contributed by atoms with Crippen LogP contribution in [0.5, 0.6) is 0 Å². The summed E-state index contributed by atoms with van der Waals surface area (Å²) in [6.45, 7) is 11.6. The number of halogens is 1. The lowest BCUT2D eigenvalue weighted by Gasteiger charge is -2.26. The molecule has 26 heavy (non-hydrogen) atoms. The molecule has 6 heteroatoms. The molecule has 1 aromatic carbocycles. The molecular weight excluding hydrogens is 331 g/mol. The van der Waals surface area contributed by atoms with Gasteiger partial charge in [-0.2, -0.15) is 0 Å². The van der Waals surface area contributed by atoms with Gasteiger partial charge in [0.05, 0.1) is 12.7 Å². The van der Waals surface area contributed by atoms with E-state index in [9.17, 15) is 4.39 Å². The predicted molar refractivity (Wildman–Crippen MR) is 103 cm³/mol. The average Bonchev–Trinajstić information content (AvgIpc) is 3.04. The van der Waals surface area contributed by atoms with Crippen LogP contribution in [0.25, 0.3) is 0 Å². The molecule has 2 aromatic rings. The van der Waals surface area contributed by atoms with E-state index in [0.717, 1.165) is 11.3 Å². The van der Waals surface area contributed by atoms with Crippen LogP contribution in [0.15, 0.2) is 39.9 Å². The van der Waals surface area contributed by atoms with Crippen molar-refractivity contribution in [3.63, 3.8) is 0 Å². The third-order valence-electron chi connectivity index (χ3n) is 4.25. The number of hydrogen-bond acceptors (Lipinski definition) is 3. The van der Waals surface area contributed by atoms with Crippen LogP contribution in [0.2, 0.25) is 0 Å². The summed E-state index contributed by atoms with van der Waals surface area (Å²) in [7, 11) is 1.72. The van der Waals surface area contributed by atoms with Gasteiger partial charge in [-0.15, -0.1) is 0 Å². The average molecular weight is 360 g/mol. The van der Waals surface area contributed by atoms with Gasteiger partial charge < -0.3 is 15.1 Å². The van der Waals surface area contributed by atoms with E-state index in [2.05, 4.69) is 55.2 Å². The van der Waals surface area contributed by atoms with Crippen molar-refractivity contribution in [1.29, 1.82) is 0 Å². The molecule has 0 bridgehead atoms. The molecule has 5 nitrogen and oxygen atoms in total. The minimum Gasteiger partial charge on any atom is -0.443 e. The van der Waals surface area contributed by atoms with Crippen LogP contribution in [0.1, 0.15) is 51.8 Å². The molecule has 0 spiro atoms. The zero-order valence-electron chi connectivity index (χ0n) is 16.5. The van der Waals surface area contributed by atoms with Crippen LogP contribution in [0.3, 0.4) is 0 Å². The van der Waals surface area contributed by atoms with E-state index >= 15 is 0 Å². The summed E-state index contributed by atoms with van der Waals surface area (Å²) in [6.07, 6.45) is 1.77. The van der Waals surface area contributed by atoms with Gasteiger partial charge in [0, 0.05) is 24.4 Å². The van der Waals surface area contributed by atoms with Crippen LogP contribution in [-0.2, 0) is 17.4 Å². The third-order valence-corrected chi connectivity index (χ3v) is 4.25. The zero-order chi connectivity index (χ0) is 19.4. The minimum absolute atomic E-state index is 0.0651. The van der Waals surface area contributed by atoms with Crippen molar-refractivity contribution < 1.29 is 8.81 Å². The summed E-state index contributed by atoms with van der Waals surface area (Å²) in [5.74, 6) is 1.91. The minimum atomic E-state index is -0.226. The third kappa shape index (κ3) is 5.31. The van der Waals surface area contributed by atoms with E-state index in [1.165, 1.54) is 12.1 Å². The Kier molecular flexibility index (Phi) is 6.05. The first-order chi connectivity index (χ1) is 12.1. The Morgan fingerprint density at radius 1 is 1.12 bits per heavy atom. The Bertz CT molecular complexity index is 742. The Labute approximate surface area is 155 Å². The number of nitrogens with zero attached hydrogens (tertiary/aromatic N) is 2. The number of guanidine groups is 1. The molecule has 0 saturated heterocycles. The highest BCUT2D eigenvalue weighted by Crippen LogP contribution is 2.23. The van der Waals surface area contributed by atoms with Gasteiger partial charge in [0.25, 0.3) is 0 Å². The summed E-state index contributed by atoms with van der Waals surface area (Å²) in [6, 6.07) is 6.60. The van der Waals surface area contributed by atoms with E-state index in [1.807, 2.05) is 12.1 Å². The second-order valence-electron chi connectivity index (χ2n) is 8.04. The van der Waals surface area contributed by atoms with Gasteiger partial charge in [0.1, 0.15) is 11.6 Å². The van der Waals surface area contributed by atoms with E-state index < -0.39 is 0 Å². The molecular formula is C20H29FN4O. The van der Waals surface area contributed by atoms with Crippen molar-refractivity contribution in [1.82, 2.24) is 15.6 Å². The zero-order valence-corrected chi connectivity index (χ0v) is 16.5. The fourth-order valence-electron chi connectivity index (χ4n) is 2.43. The Balaban J connectivity index is 1.91. The second kappa shape index (κ2) is 7.89. The summed E-state index contributed by atoms with van der Waals surface area (Å²) in [5, 5.41) is 6.51. The van der Waals surface area contributed by atoms with Gasteiger partial charge in [-0.3, -0.25) is 4.99 Å². The predicted octanol–water partition coefficient (Wildman–Crippen LogP) is 3.75. The van der Waals surface area contributed by atoms with Gasteiger partial charge in [0.15, 0.2) is 5.96 Å². The van der Waals surface area contributed by atoms with E-state index in [-0.39, 0.29) is 16.6 Å². The van der Waals surface area contributed by atoms with Gasteiger partial charge in [-0.25, -0.2) is 9.37 Å². The van der Waals surface area contributed by atoms with Crippen molar-refractivity contribution in [2.45, 2.75) is 52.0 Å². The second-order valence-corrected chi connectivity index (χ2v) is 8.04. The molecule has 0 unspecified atom stereocenters. The van der Waals surface area contributed by atoms with Crippen molar-refractivity contribution in [3.8, 4) is 0 Å². The number of oxazole rings is 1. The van der Waals surface area contributed by atoms with E-state index in [0.29, 0.717) is 24.9 Å². The summed E-state index contributed by atoms with van der Waals surface area (Å²) in [4.78, 5) is 8.54. The Morgan fingerprint density at radius 3 is 2.31 bits per heavy atom. The van der Waals surface area contributed by atoms with E-state index in [4.69, 9.17) is 4.42 Å². The molecule has 1 heterocycles. The molecule has 2 N–H and O–H groups in total. The number of aliphatic imine (C=N–C) groups is 1. The van der Waals surface area contributed by atoms with Gasteiger partial charge in [0.2, 0.25) is 5.89 Å². The molecule has 0 amide bonds. The lowest BCUT2D eigenvalue weighted by atomic mass is 9.84. The largest absolute Gasteiger partial charge is 0.443 e. The van der Waals surface area contributed by atoms with Gasteiger partial charge in [-0.1, -0.05) is 46.8 Å². The highest BCUT2D eigenvalue weighted by atomic mass is 19.1. The van der Waals surface area contributed by atoms with E-state index in [1.54, 1.807) is 13.2 Å². The van der Waals surface area contributed by atoms with Gasteiger partial charge >= 0.3 is 0 Å². The summed E-state index contributed by atoms with van der Waals surface area (Å²) >= 11 is 0. The fraction of sp³-hybridized carbons (Fsp3) is 0.500. The fourth-order valence-corrected chi connectivity index (χ4v) is 2.43. The van der Waals surface area contributed by atoms with Crippen LogP contribution < -0.4 is 10.6 Å². The standard InChI is InChI=1S/C20H29FN4O/c1-19(2,3)16-11-23-17(26-16)12-24-18(22-6)25-13-20(4,5)14-7-9-15(21)10-8-14/h7-11H,12-13H2,1-6H3,(H2,22,24,25). The lowest BCUT2D eigenvalue weighted by Crippen LogP contribution is -2.43. The van der Waals surface area contributed by atoms with Crippen molar-refractivity contribution in [2.24, 2.45) is 4.99 Å². The van der Waals surface area contributed by atoms with Crippen LogP contribution >= 0.6 is 0 Å². The molecule has 0 aliphatic heterocycles. The molecule has 0 aliphatic rings. The number of aromatic nitrogens is 1. The molecule has 1 aromatic heterocycles. The monoisotopic (exact) mass is 360 g/mol. The smallest absolute Gasteiger partial charge is 0.213 e. The lowest BCUT2D eigenvalue weighted by molar-refractivity contribution is 0.379. The summed E-state index contributed by atoms with van der Waals surface area (Å²) in [5.41, 5.74) is 0.822. The van der Waals surface area contributed by atoms with Crippen molar-refractivity contribution >= 4 is 5.96 Å². The Morgan fingerprint density at radius 2 is 1.77 bits per heavy atom. The number of hydrogen-bond donors (Lipinski definition) is 2. The van der Waals surface area contributed by atoms with Gasteiger partial charge in [-0.05, 0) is 17.7 Å². The normalized spacial score (nSPS) is 13.0. The Hall–Kier alpha value is -2.37. The molecule has 0 radical (unpaired) electrons. The quantitative estimate of drug-likeness (QED) is 0.630. The van der Waals surface area contributed by atoms with Crippen LogP contribution in [0.4, 0.5) is 4.39 Å². The highest BCUT2D eigenvalue weighted by Gasteiger charge is 2.22. The maximum absolute atomic E-state index is 13.1. The number of nitrogens with one attached hydrogen (secondary N) is 2. The molecule has 142 valence electrons.